The van der Waals surface area contributed by atoms with Gasteiger partial charge in [-0.05, 0) is 43.7 Å². The Morgan fingerprint density at radius 1 is 1.30 bits per heavy atom. The predicted molar refractivity (Wildman–Crippen MR) is 85.1 cm³/mol. The third kappa shape index (κ3) is 3.24. The molecule has 2 atom stereocenters. The fourth-order valence-electron chi connectivity index (χ4n) is 3.74. The van der Waals surface area contributed by atoms with E-state index in [4.69, 9.17) is 0 Å². The van der Waals surface area contributed by atoms with Crippen molar-refractivity contribution in [3.8, 4) is 5.82 Å². The number of amides is 1. The van der Waals surface area contributed by atoms with Crippen LogP contribution in [0, 0.1) is 5.92 Å². The summed E-state index contributed by atoms with van der Waals surface area (Å²) in [6.45, 7) is 0. The molecule has 2 unspecified atom stereocenters. The number of piperidine rings is 1. The zero-order valence-corrected chi connectivity index (χ0v) is 12.9. The molecule has 2 fully saturated rings. The number of hydrogen-bond donors (Lipinski definition) is 2. The molecule has 7 heteroatoms. The number of anilines is 1. The third-order valence-corrected chi connectivity index (χ3v) is 4.73. The largest absolute Gasteiger partial charge is 0.325 e. The highest BCUT2D eigenvalue weighted by atomic mass is 16.1. The molecule has 0 aromatic carbocycles. The van der Waals surface area contributed by atoms with Crippen molar-refractivity contribution >= 4 is 11.6 Å². The van der Waals surface area contributed by atoms with Gasteiger partial charge in [0, 0.05) is 18.5 Å². The van der Waals surface area contributed by atoms with Gasteiger partial charge in [-0.25, -0.2) is 14.6 Å². The Kier molecular flexibility index (Phi) is 3.78. The summed E-state index contributed by atoms with van der Waals surface area (Å²) in [5.41, 5.74) is 0.718. The lowest BCUT2D eigenvalue weighted by Gasteiger charge is -2.28. The summed E-state index contributed by atoms with van der Waals surface area (Å²) in [7, 11) is 0. The van der Waals surface area contributed by atoms with Crippen molar-refractivity contribution in [1.82, 2.24) is 25.1 Å². The van der Waals surface area contributed by atoms with E-state index in [1.807, 2.05) is 12.1 Å². The Morgan fingerprint density at radius 3 is 2.78 bits per heavy atom. The second kappa shape index (κ2) is 6.08. The zero-order chi connectivity index (χ0) is 15.6. The molecule has 4 heterocycles. The van der Waals surface area contributed by atoms with Crippen LogP contribution in [0.2, 0.25) is 0 Å². The number of hydrogen-bond acceptors (Lipinski definition) is 5. The van der Waals surface area contributed by atoms with Gasteiger partial charge in [0.25, 0.3) is 0 Å². The van der Waals surface area contributed by atoms with Gasteiger partial charge in [0.1, 0.15) is 12.7 Å². The number of aromatic nitrogens is 4. The number of carbonyl (C=O) groups is 1. The van der Waals surface area contributed by atoms with Crippen molar-refractivity contribution in [3.05, 3.63) is 31.0 Å². The fourth-order valence-corrected chi connectivity index (χ4v) is 3.74. The summed E-state index contributed by atoms with van der Waals surface area (Å²) < 4.78 is 1.58. The Labute approximate surface area is 134 Å². The topological polar surface area (TPSA) is 84.7 Å². The van der Waals surface area contributed by atoms with E-state index < -0.39 is 0 Å². The van der Waals surface area contributed by atoms with Crippen LogP contribution < -0.4 is 10.6 Å². The summed E-state index contributed by atoms with van der Waals surface area (Å²) in [6, 6.07) is 4.90. The predicted octanol–water partition coefficient (Wildman–Crippen LogP) is 1.52. The second-order valence-electron chi connectivity index (χ2n) is 6.47. The molecule has 2 bridgehead atoms. The molecular weight excluding hydrogens is 292 g/mol. The summed E-state index contributed by atoms with van der Waals surface area (Å²) in [6.07, 6.45) is 10.1. The maximum atomic E-state index is 12.2. The standard InChI is InChI=1S/C16H20N6O/c23-16(7-11-5-12-1-2-13(6-11)20-12)21-14-3-4-15(18-8-14)22-10-17-9-19-22/h3-4,8-13,20H,1-2,5-7H2,(H,21,23). The highest BCUT2D eigenvalue weighted by Gasteiger charge is 2.34. The van der Waals surface area contributed by atoms with Crippen LogP contribution in [0.15, 0.2) is 31.0 Å². The van der Waals surface area contributed by atoms with Crippen LogP contribution >= 0.6 is 0 Å². The van der Waals surface area contributed by atoms with Crippen molar-refractivity contribution in [1.29, 1.82) is 0 Å². The molecule has 2 aliphatic heterocycles. The number of nitrogens with one attached hydrogen (secondary N) is 2. The van der Waals surface area contributed by atoms with E-state index in [0.29, 0.717) is 30.2 Å². The number of carbonyl (C=O) groups excluding carboxylic acids is 1. The fraction of sp³-hybridized carbons (Fsp3) is 0.500. The number of nitrogens with zero attached hydrogens (tertiary/aromatic N) is 4. The van der Waals surface area contributed by atoms with E-state index in [1.54, 1.807) is 17.2 Å². The first-order chi connectivity index (χ1) is 11.3. The third-order valence-electron chi connectivity index (χ3n) is 4.73. The van der Waals surface area contributed by atoms with Gasteiger partial charge in [0.05, 0.1) is 11.9 Å². The summed E-state index contributed by atoms with van der Waals surface area (Å²) in [5, 5.41) is 10.6. The minimum atomic E-state index is 0.0756. The van der Waals surface area contributed by atoms with Crippen molar-refractivity contribution in [2.45, 2.75) is 44.2 Å². The van der Waals surface area contributed by atoms with Crippen LogP contribution in [0.4, 0.5) is 5.69 Å². The molecule has 23 heavy (non-hydrogen) atoms. The van der Waals surface area contributed by atoms with Gasteiger partial charge in [-0.1, -0.05) is 0 Å². The molecule has 0 spiro atoms. The van der Waals surface area contributed by atoms with E-state index in [-0.39, 0.29) is 5.91 Å². The Hall–Kier alpha value is -2.28. The molecule has 2 N–H and O–H groups in total. The van der Waals surface area contributed by atoms with Crippen molar-refractivity contribution < 1.29 is 4.79 Å². The summed E-state index contributed by atoms with van der Waals surface area (Å²) >= 11 is 0. The summed E-state index contributed by atoms with van der Waals surface area (Å²) in [5.74, 6) is 1.25. The van der Waals surface area contributed by atoms with Gasteiger partial charge < -0.3 is 10.6 Å². The summed E-state index contributed by atoms with van der Waals surface area (Å²) in [4.78, 5) is 20.4. The SMILES string of the molecule is O=C(CC1CC2CCC(C1)N2)Nc1ccc(-n2cncn2)nc1. The monoisotopic (exact) mass is 312 g/mol. The van der Waals surface area contributed by atoms with Crippen LogP contribution in [0.1, 0.15) is 32.1 Å². The van der Waals surface area contributed by atoms with Gasteiger partial charge in [0.15, 0.2) is 5.82 Å². The molecule has 2 aromatic heterocycles. The van der Waals surface area contributed by atoms with E-state index in [0.717, 1.165) is 18.5 Å². The van der Waals surface area contributed by atoms with E-state index >= 15 is 0 Å². The van der Waals surface area contributed by atoms with Gasteiger partial charge in [-0.2, -0.15) is 5.10 Å². The maximum Gasteiger partial charge on any atom is 0.224 e. The van der Waals surface area contributed by atoms with Crippen molar-refractivity contribution in [2.75, 3.05) is 5.32 Å². The Balaban J connectivity index is 1.33. The molecular formula is C16H20N6O. The molecule has 2 aromatic rings. The molecule has 0 aliphatic carbocycles. The maximum absolute atomic E-state index is 12.2. The van der Waals surface area contributed by atoms with E-state index in [9.17, 15) is 4.79 Å². The number of pyridine rings is 1. The average molecular weight is 312 g/mol. The lowest BCUT2D eigenvalue weighted by molar-refractivity contribution is -0.117. The molecule has 7 nitrogen and oxygen atoms in total. The van der Waals surface area contributed by atoms with Crippen LogP contribution in [-0.4, -0.2) is 37.7 Å². The molecule has 2 saturated heterocycles. The molecule has 0 saturated carbocycles. The van der Waals surface area contributed by atoms with Crippen LogP contribution in [0.25, 0.3) is 5.82 Å². The smallest absolute Gasteiger partial charge is 0.224 e. The molecule has 2 aliphatic rings. The first-order valence-electron chi connectivity index (χ1n) is 8.13. The average Bonchev–Trinajstić information content (AvgIpc) is 3.18. The molecule has 1 amide bonds. The minimum Gasteiger partial charge on any atom is -0.325 e. The van der Waals surface area contributed by atoms with E-state index in [2.05, 4.69) is 25.7 Å². The van der Waals surface area contributed by atoms with Crippen LogP contribution in [0.5, 0.6) is 0 Å². The first kappa shape index (κ1) is 14.3. The van der Waals surface area contributed by atoms with Gasteiger partial charge in [-0.15, -0.1) is 0 Å². The zero-order valence-electron chi connectivity index (χ0n) is 12.9. The van der Waals surface area contributed by atoms with Gasteiger partial charge in [-0.3, -0.25) is 4.79 Å². The lowest BCUT2D eigenvalue weighted by Crippen LogP contribution is -2.39. The lowest BCUT2D eigenvalue weighted by atomic mass is 9.89. The quantitative estimate of drug-likeness (QED) is 0.894. The first-order valence-corrected chi connectivity index (χ1v) is 8.13. The number of rotatable bonds is 4. The molecule has 0 radical (unpaired) electrons. The number of fused-ring (bicyclic) bond motifs is 2. The second-order valence-corrected chi connectivity index (χ2v) is 6.47. The van der Waals surface area contributed by atoms with Gasteiger partial charge >= 0.3 is 0 Å². The molecule has 4 rings (SSSR count). The molecule has 120 valence electrons. The minimum absolute atomic E-state index is 0.0756. The van der Waals surface area contributed by atoms with Crippen molar-refractivity contribution in [2.24, 2.45) is 5.92 Å². The van der Waals surface area contributed by atoms with E-state index in [1.165, 1.54) is 19.2 Å². The van der Waals surface area contributed by atoms with Crippen LogP contribution in [-0.2, 0) is 4.79 Å². The highest BCUT2D eigenvalue weighted by molar-refractivity contribution is 5.90. The van der Waals surface area contributed by atoms with Gasteiger partial charge in [0.2, 0.25) is 5.91 Å². The normalized spacial score (nSPS) is 26.2. The highest BCUT2D eigenvalue weighted by Crippen LogP contribution is 2.32. The Morgan fingerprint density at radius 2 is 2.13 bits per heavy atom. The van der Waals surface area contributed by atoms with Crippen molar-refractivity contribution in [3.63, 3.8) is 0 Å². The Bertz CT molecular complexity index is 656. The van der Waals surface area contributed by atoms with Crippen LogP contribution in [0.3, 0.4) is 0 Å².